The van der Waals surface area contributed by atoms with Crippen molar-refractivity contribution in [1.82, 2.24) is 5.48 Å². The van der Waals surface area contributed by atoms with Gasteiger partial charge in [-0.1, -0.05) is 42.5 Å². The van der Waals surface area contributed by atoms with Crippen molar-refractivity contribution in [3.05, 3.63) is 65.7 Å². The summed E-state index contributed by atoms with van der Waals surface area (Å²) in [7, 11) is 0. The summed E-state index contributed by atoms with van der Waals surface area (Å²) in [5.74, 6) is -0.232. The number of rotatable bonds is 5. The molecule has 0 saturated carbocycles. The molecule has 0 unspecified atom stereocenters. The van der Waals surface area contributed by atoms with E-state index in [0.29, 0.717) is 6.54 Å². The number of halogens is 6. The van der Waals surface area contributed by atoms with Crippen molar-refractivity contribution in [2.45, 2.75) is 25.8 Å². The van der Waals surface area contributed by atoms with Crippen LogP contribution >= 0.6 is 0 Å². The Kier molecular flexibility index (Phi) is 8.36. The molecule has 144 valence electrons. The van der Waals surface area contributed by atoms with Gasteiger partial charge in [0.05, 0.1) is 0 Å². The summed E-state index contributed by atoms with van der Waals surface area (Å²) in [6.45, 7) is 0.326. The van der Waals surface area contributed by atoms with Crippen molar-refractivity contribution < 1.29 is 35.9 Å². The summed E-state index contributed by atoms with van der Waals surface area (Å²) in [6.07, 6.45) is -9.26. The van der Waals surface area contributed by atoms with E-state index >= 15 is 0 Å². The molecule has 0 heterocycles. The maximum Gasteiger partial charge on any atom is 0.573 e. The molecule has 26 heavy (non-hydrogen) atoms. The number of alkyl halides is 6. The fourth-order valence-corrected chi connectivity index (χ4v) is 1.62. The Morgan fingerprint density at radius 1 is 0.769 bits per heavy atom. The van der Waals surface area contributed by atoms with E-state index in [4.69, 9.17) is 5.73 Å². The maximum atomic E-state index is 11.7. The fraction of sp³-hybridized carbons (Fsp3) is 0.250. The van der Waals surface area contributed by atoms with Crippen LogP contribution in [0.1, 0.15) is 11.1 Å². The van der Waals surface area contributed by atoms with Crippen molar-refractivity contribution in [2.75, 3.05) is 0 Å². The highest BCUT2D eigenvalue weighted by atomic mass is 19.4. The van der Waals surface area contributed by atoms with Crippen LogP contribution in [-0.2, 0) is 17.9 Å². The molecule has 0 bridgehead atoms. The molecule has 2 rings (SSSR count). The lowest BCUT2D eigenvalue weighted by atomic mass is 10.2. The lowest BCUT2D eigenvalue weighted by Gasteiger charge is -2.08. The number of nitrogens with two attached hydrogens (primary N) is 1. The van der Waals surface area contributed by atoms with Gasteiger partial charge in [0.25, 0.3) is 0 Å². The lowest BCUT2D eigenvalue weighted by Crippen LogP contribution is -2.25. The minimum absolute atomic E-state index is 0.0281. The largest absolute Gasteiger partial charge is 0.573 e. The van der Waals surface area contributed by atoms with Gasteiger partial charge in [0.1, 0.15) is 5.75 Å². The second-order valence-corrected chi connectivity index (χ2v) is 4.75. The quantitative estimate of drug-likeness (QED) is 0.599. The highest BCUT2D eigenvalue weighted by Crippen LogP contribution is 2.22. The van der Waals surface area contributed by atoms with Gasteiger partial charge in [-0.25, -0.2) is 4.84 Å². The van der Waals surface area contributed by atoms with E-state index in [1.54, 1.807) is 30.3 Å². The molecule has 2 aromatic rings. The van der Waals surface area contributed by atoms with E-state index in [9.17, 15) is 26.3 Å². The van der Waals surface area contributed by atoms with Crippen LogP contribution in [0.3, 0.4) is 0 Å². The normalized spacial score (nSPS) is 11.5. The monoisotopic (exact) mass is 382 g/mol. The first-order valence-corrected chi connectivity index (χ1v) is 7.15. The molecule has 0 aliphatic heterocycles. The smallest absolute Gasteiger partial charge is 0.406 e. The number of hydroxylamine groups is 1. The van der Waals surface area contributed by atoms with E-state index in [-0.39, 0.29) is 12.3 Å². The summed E-state index contributed by atoms with van der Waals surface area (Å²) in [5, 5.41) is 0. The van der Waals surface area contributed by atoms with E-state index < -0.39 is 12.7 Å². The summed E-state index contributed by atoms with van der Waals surface area (Å²) < 4.78 is 73.1. The third-order valence-corrected chi connectivity index (χ3v) is 2.70. The van der Waals surface area contributed by atoms with E-state index in [0.717, 1.165) is 11.1 Å². The molecule has 0 spiro atoms. The predicted octanol–water partition coefficient (Wildman–Crippen LogP) is 4.27. The molecule has 0 fully saturated rings. The van der Waals surface area contributed by atoms with Gasteiger partial charge < -0.3 is 10.5 Å². The number of ether oxygens (including phenoxy) is 1. The van der Waals surface area contributed by atoms with Gasteiger partial charge in [-0.3, -0.25) is 0 Å². The van der Waals surface area contributed by atoms with Crippen LogP contribution in [0.2, 0.25) is 0 Å². The Balaban J connectivity index is 0.000000260. The van der Waals surface area contributed by atoms with Crippen molar-refractivity contribution in [3.63, 3.8) is 0 Å². The SMILES string of the molecule is FC(F)(F)ONCc1ccccc1.NCc1ccc(OC(F)(F)F)cc1. The second kappa shape index (κ2) is 10.00. The molecule has 0 amide bonds. The number of nitrogens with one attached hydrogen (secondary N) is 1. The van der Waals surface area contributed by atoms with Gasteiger partial charge in [0.2, 0.25) is 0 Å². The second-order valence-electron chi connectivity index (χ2n) is 4.75. The van der Waals surface area contributed by atoms with Crippen LogP contribution in [0.25, 0.3) is 0 Å². The summed E-state index contributed by atoms with van der Waals surface area (Å²) in [4.78, 5) is 3.38. The zero-order valence-electron chi connectivity index (χ0n) is 13.3. The molecule has 0 atom stereocenters. The molecule has 0 aliphatic rings. The highest BCUT2D eigenvalue weighted by Gasteiger charge is 2.31. The number of hydrogen-bond donors (Lipinski definition) is 2. The van der Waals surface area contributed by atoms with Crippen molar-refractivity contribution >= 4 is 0 Å². The number of benzene rings is 2. The minimum atomic E-state index is -4.63. The molecule has 0 aromatic heterocycles. The van der Waals surface area contributed by atoms with Crippen LogP contribution in [0.5, 0.6) is 5.75 Å². The lowest BCUT2D eigenvalue weighted by molar-refractivity contribution is -0.351. The van der Waals surface area contributed by atoms with Gasteiger partial charge in [-0.15, -0.1) is 26.3 Å². The van der Waals surface area contributed by atoms with Crippen LogP contribution in [0.15, 0.2) is 54.6 Å². The van der Waals surface area contributed by atoms with Gasteiger partial charge in [0, 0.05) is 13.1 Å². The molecule has 0 radical (unpaired) electrons. The average molecular weight is 382 g/mol. The third-order valence-electron chi connectivity index (χ3n) is 2.70. The predicted molar refractivity (Wildman–Crippen MR) is 81.4 cm³/mol. The van der Waals surface area contributed by atoms with Crippen LogP contribution < -0.4 is 16.0 Å². The minimum Gasteiger partial charge on any atom is -0.406 e. The Labute approximate surface area is 145 Å². The summed E-state index contributed by atoms with van der Waals surface area (Å²) in [6, 6.07) is 14.1. The molecule has 2 aromatic carbocycles. The number of hydrogen-bond acceptors (Lipinski definition) is 4. The van der Waals surface area contributed by atoms with Crippen molar-refractivity contribution in [3.8, 4) is 5.75 Å². The first-order chi connectivity index (χ1) is 12.1. The Bertz CT molecular complexity index is 630. The first-order valence-electron chi connectivity index (χ1n) is 7.15. The molecule has 0 aliphatic carbocycles. The molecule has 0 saturated heterocycles. The van der Waals surface area contributed by atoms with E-state index in [1.165, 1.54) is 24.3 Å². The van der Waals surface area contributed by atoms with Crippen LogP contribution in [0, 0.1) is 0 Å². The highest BCUT2D eigenvalue weighted by molar-refractivity contribution is 5.27. The van der Waals surface area contributed by atoms with Crippen LogP contribution in [-0.4, -0.2) is 12.7 Å². The Hall–Kier alpha value is -2.30. The first kappa shape index (κ1) is 21.7. The fourth-order valence-electron chi connectivity index (χ4n) is 1.62. The average Bonchev–Trinajstić information content (AvgIpc) is 2.54. The van der Waals surface area contributed by atoms with Gasteiger partial charge >= 0.3 is 12.7 Å². The van der Waals surface area contributed by atoms with Crippen molar-refractivity contribution in [2.24, 2.45) is 5.73 Å². The van der Waals surface area contributed by atoms with Crippen LogP contribution in [0.4, 0.5) is 26.3 Å². The van der Waals surface area contributed by atoms with E-state index in [2.05, 4.69) is 9.57 Å². The maximum absolute atomic E-state index is 11.7. The van der Waals surface area contributed by atoms with Gasteiger partial charge in [-0.05, 0) is 23.3 Å². The van der Waals surface area contributed by atoms with E-state index in [1.807, 2.05) is 5.48 Å². The molecular formula is C16H16F6N2O2. The molecule has 3 N–H and O–H groups in total. The zero-order chi connectivity index (χ0) is 19.6. The Morgan fingerprint density at radius 2 is 1.35 bits per heavy atom. The molecule has 4 nitrogen and oxygen atoms in total. The topological polar surface area (TPSA) is 56.5 Å². The van der Waals surface area contributed by atoms with Gasteiger partial charge in [0.15, 0.2) is 0 Å². The summed E-state index contributed by atoms with van der Waals surface area (Å²) in [5.41, 5.74) is 8.57. The summed E-state index contributed by atoms with van der Waals surface area (Å²) >= 11 is 0. The zero-order valence-corrected chi connectivity index (χ0v) is 13.3. The van der Waals surface area contributed by atoms with Gasteiger partial charge in [-0.2, -0.15) is 5.48 Å². The Morgan fingerprint density at radius 3 is 1.81 bits per heavy atom. The third kappa shape index (κ3) is 10.5. The standard InChI is InChI=1S/2C8H8F3NO/c9-8(10,11)13-7-3-1-6(5-12)2-4-7;9-8(10,11)13-12-6-7-4-2-1-3-5-7/h1-4H,5,12H2;1-5,12H,6H2. The molecule has 10 heteroatoms. The molecular weight excluding hydrogens is 366 g/mol. The van der Waals surface area contributed by atoms with Crippen molar-refractivity contribution in [1.29, 1.82) is 0 Å².